The maximum Gasteiger partial charge on any atom is 0.410 e. The first-order valence-corrected chi connectivity index (χ1v) is 7.87. The van der Waals surface area contributed by atoms with Gasteiger partial charge in [-0.3, -0.25) is 0 Å². The van der Waals surface area contributed by atoms with Crippen LogP contribution >= 0.6 is 0 Å². The molecule has 116 valence electrons. The third-order valence-corrected chi connectivity index (χ3v) is 3.73. The van der Waals surface area contributed by atoms with E-state index in [1.54, 1.807) is 4.90 Å². The Kier molecular flexibility index (Phi) is 5.90. The third kappa shape index (κ3) is 4.66. The minimum absolute atomic E-state index is 0.0246. The molecule has 0 spiro atoms. The number of fused-ring (bicyclic) bond motifs is 1. The molecule has 4 heteroatoms. The molecule has 2 rings (SSSR count). The first kappa shape index (κ1) is 15.7. The number of para-hydroxylation sites is 1. The van der Waals surface area contributed by atoms with E-state index in [0.29, 0.717) is 19.7 Å². The topological polar surface area (TPSA) is 38.8 Å². The van der Waals surface area contributed by atoms with Crippen LogP contribution in [0.25, 0.3) is 0 Å². The van der Waals surface area contributed by atoms with E-state index in [0.717, 1.165) is 24.2 Å². The number of nitrogens with zero attached hydrogens (tertiary/aromatic N) is 1. The molecule has 0 radical (unpaired) electrons. The number of hydrogen-bond acceptors (Lipinski definition) is 3. The van der Waals surface area contributed by atoms with Crippen molar-refractivity contribution in [3.05, 3.63) is 29.8 Å². The summed E-state index contributed by atoms with van der Waals surface area (Å²) in [6.45, 7) is 5.77. The Bertz CT molecular complexity index is 461. The van der Waals surface area contributed by atoms with Crippen molar-refractivity contribution in [3.8, 4) is 5.75 Å². The average Bonchev–Trinajstić information content (AvgIpc) is 2.69. The van der Waals surface area contributed by atoms with Crippen LogP contribution in [0, 0.1) is 0 Å². The van der Waals surface area contributed by atoms with E-state index < -0.39 is 0 Å². The molecule has 1 aromatic carbocycles. The third-order valence-electron chi connectivity index (χ3n) is 3.73. The van der Waals surface area contributed by atoms with Crippen LogP contribution in [-0.4, -0.2) is 30.2 Å². The molecule has 0 saturated heterocycles. The van der Waals surface area contributed by atoms with Gasteiger partial charge in [0.2, 0.25) is 0 Å². The van der Waals surface area contributed by atoms with Gasteiger partial charge in [0.25, 0.3) is 0 Å². The molecule has 21 heavy (non-hydrogen) atoms. The standard InChI is InChI=1S/C17H25NO3/c1-3-4-5-8-14(2)21-17(19)18-11-12-20-16-10-7-6-9-15(16)13-18/h6-7,9-10,14H,3-5,8,11-13H2,1-2H3. The minimum Gasteiger partial charge on any atom is -0.491 e. The summed E-state index contributed by atoms with van der Waals surface area (Å²) in [5.41, 5.74) is 1.03. The summed E-state index contributed by atoms with van der Waals surface area (Å²) in [5, 5.41) is 0. The zero-order valence-electron chi connectivity index (χ0n) is 13.0. The summed E-state index contributed by atoms with van der Waals surface area (Å²) in [5.74, 6) is 0.865. The van der Waals surface area contributed by atoms with Gasteiger partial charge in [0.1, 0.15) is 18.5 Å². The van der Waals surface area contributed by atoms with Crippen LogP contribution in [0.3, 0.4) is 0 Å². The van der Waals surface area contributed by atoms with E-state index in [2.05, 4.69) is 6.92 Å². The van der Waals surface area contributed by atoms with Crippen molar-refractivity contribution in [2.45, 2.75) is 52.2 Å². The first-order chi connectivity index (χ1) is 10.2. The van der Waals surface area contributed by atoms with Crippen molar-refractivity contribution in [2.24, 2.45) is 0 Å². The van der Waals surface area contributed by atoms with Gasteiger partial charge in [-0.15, -0.1) is 0 Å². The largest absolute Gasteiger partial charge is 0.491 e. The summed E-state index contributed by atoms with van der Waals surface area (Å²) in [4.78, 5) is 14.0. The molecular formula is C17H25NO3. The SMILES string of the molecule is CCCCCC(C)OC(=O)N1CCOc2ccccc2C1. The molecule has 1 heterocycles. The number of ether oxygens (including phenoxy) is 2. The lowest BCUT2D eigenvalue weighted by Crippen LogP contribution is -2.34. The normalized spacial score (nSPS) is 15.6. The van der Waals surface area contributed by atoms with Crippen LogP contribution < -0.4 is 4.74 Å². The highest BCUT2D eigenvalue weighted by atomic mass is 16.6. The Hall–Kier alpha value is -1.71. The fraction of sp³-hybridized carbons (Fsp3) is 0.588. The molecule has 4 nitrogen and oxygen atoms in total. The fourth-order valence-electron chi connectivity index (χ4n) is 2.47. The molecule has 0 aromatic heterocycles. The first-order valence-electron chi connectivity index (χ1n) is 7.87. The van der Waals surface area contributed by atoms with Gasteiger partial charge in [-0.25, -0.2) is 4.79 Å². The predicted octanol–water partition coefficient (Wildman–Crippen LogP) is 3.99. The lowest BCUT2D eigenvalue weighted by molar-refractivity contribution is 0.0618. The Morgan fingerprint density at radius 3 is 3.00 bits per heavy atom. The molecule has 0 fully saturated rings. The molecule has 1 amide bonds. The molecule has 0 N–H and O–H groups in total. The van der Waals surface area contributed by atoms with E-state index in [4.69, 9.17) is 9.47 Å². The summed E-state index contributed by atoms with van der Waals surface area (Å²) in [6, 6.07) is 7.84. The quantitative estimate of drug-likeness (QED) is 0.770. The van der Waals surface area contributed by atoms with Gasteiger partial charge in [0.05, 0.1) is 13.1 Å². The molecule has 1 aliphatic rings. The molecule has 1 aromatic rings. The van der Waals surface area contributed by atoms with Crippen LogP contribution in [-0.2, 0) is 11.3 Å². The Labute approximate surface area is 127 Å². The van der Waals surface area contributed by atoms with E-state index >= 15 is 0 Å². The summed E-state index contributed by atoms with van der Waals surface area (Å²) < 4.78 is 11.2. The fourth-order valence-corrected chi connectivity index (χ4v) is 2.47. The van der Waals surface area contributed by atoms with Crippen molar-refractivity contribution in [1.82, 2.24) is 4.90 Å². The minimum atomic E-state index is -0.237. The summed E-state index contributed by atoms with van der Waals surface area (Å²) in [6.07, 6.45) is 4.15. The van der Waals surface area contributed by atoms with Gasteiger partial charge in [-0.2, -0.15) is 0 Å². The van der Waals surface area contributed by atoms with Gasteiger partial charge < -0.3 is 14.4 Å². The number of carbonyl (C=O) groups is 1. The van der Waals surface area contributed by atoms with E-state index in [1.807, 2.05) is 31.2 Å². The molecule has 1 unspecified atom stereocenters. The second-order valence-electron chi connectivity index (χ2n) is 5.57. The zero-order valence-corrected chi connectivity index (χ0v) is 13.0. The van der Waals surface area contributed by atoms with Gasteiger partial charge in [-0.1, -0.05) is 38.0 Å². The number of amides is 1. The monoisotopic (exact) mass is 291 g/mol. The van der Waals surface area contributed by atoms with E-state index in [1.165, 1.54) is 12.8 Å². The van der Waals surface area contributed by atoms with Crippen molar-refractivity contribution in [2.75, 3.05) is 13.2 Å². The van der Waals surface area contributed by atoms with Crippen molar-refractivity contribution in [3.63, 3.8) is 0 Å². The highest BCUT2D eigenvalue weighted by Crippen LogP contribution is 2.23. The van der Waals surface area contributed by atoms with Crippen molar-refractivity contribution in [1.29, 1.82) is 0 Å². The predicted molar refractivity (Wildman–Crippen MR) is 82.4 cm³/mol. The van der Waals surface area contributed by atoms with Crippen LogP contribution in [0.1, 0.15) is 45.1 Å². The molecule has 0 bridgehead atoms. The number of rotatable bonds is 5. The smallest absolute Gasteiger partial charge is 0.410 e. The molecular weight excluding hydrogens is 266 g/mol. The highest BCUT2D eigenvalue weighted by Gasteiger charge is 2.22. The molecule has 1 aliphatic heterocycles. The van der Waals surface area contributed by atoms with Crippen LogP contribution in [0.5, 0.6) is 5.75 Å². The maximum atomic E-state index is 12.3. The molecule has 1 atom stereocenters. The number of unbranched alkanes of at least 4 members (excludes halogenated alkanes) is 2. The molecule has 0 saturated carbocycles. The van der Waals surface area contributed by atoms with Crippen LogP contribution in [0.15, 0.2) is 24.3 Å². The van der Waals surface area contributed by atoms with Gasteiger partial charge >= 0.3 is 6.09 Å². The van der Waals surface area contributed by atoms with Crippen molar-refractivity contribution >= 4 is 6.09 Å². The second-order valence-corrected chi connectivity index (χ2v) is 5.57. The Morgan fingerprint density at radius 2 is 2.19 bits per heavy atom. The lowest BCUT2D eigenvalue weighted by atomic mass is 10.1. The number of carbonyl (C=O) groups excluding carboxylic acids is 1. The number of benzene rings is 1. The summed E-state index contributed by atoms with van der Waals surface area (Å²) >= 11 is 0. The summed E-state index contributed by atoms with van der Waals surface area (Å²) in [7, 11) is 0. The van der Waals surface area contributed by atoms with E-state index in [-0.39, 0.29) is 12.2 Å². The van der Waals surface area contributed by atoms with Crippen molar-refractivity contribution < 1.29 is 14.3 Å². The molecule has 0 aliphatic carbocycles. The van der Waals surface area contributed by atoms with E-state index in [9.17, 15) is 4.79 Å². The zero-order chi connectivity index (χ0) is 15.1. The Morgan fingerprint density at radius 1 is 1.38 bits per heavy atom. The highest BCUT2D eigenvalue weighted by molar-refractivity contribution is 5.68. The Balaban J connectivity index is 1.88. The van der Waals surface area contributed by atoms with Gasteiger partial charge in [0, 0.05) is 5.56 Å². The average molecular weight is 291 g/mol. The lowest BCUT2D eigenvalue weighted by Gasteiger charge is -2.22. The van der Waals surface area contributed by atoms with Crippen LogP contribution in [0.4, 0.5) is 4.79 Å². The van der Waals surface area contributed by atoms with Gasteiger partial charge in [-0.05, 0) is 25.8 Å². The maximum absolute atomic E-state index is 12.3. The second kappa shape index (κ2) is 7.91. The van der Waals surface area contributed by atoms with Gasteiger partial charge in [0.15, 0.2) is 0 Å². The van der Waals surface area contributed by atoms with Crippen LogP contribution in [0.2, 0.25) is 0 Å². The number of hydrogen-bond donors (Lipinski definition) is 0.